The van der Waals surface area contributed by atoms with E-state index in [0.717, 1.165) is 56.5 Å². The lowest BCUT2D eigenvalue weighted by Crippen LogP contribution is -2.36. The van der Waals surface area contributed by atoms with Crippen molar-refractivity contribution in [2.45, 2.75) is 41.5 Å². The average Bonchev–Trinajstić information content (AvgIpc) is 2.75. The Balaban J connectivity index is 1.66. The molecule has 0 bridgehead atoms. The third kappa shape index (κ3) is 9.09. The summed E-state index contributed by atoms with van der Waals surface area (Å²) >= 11 is 1.11. The third-order valence-electron chi connectivity index (χ3n) is 5.24. The van der Waals surface area contributed by atoms with E-state index in [4.69, 9.17) is 0 Å². The Bertz CT molecular complexity index is 997. The SMILES string of the molecule is Cc1cc(C)c(NC(=O)CNC(=O)CSCC(=O)NCC(=O)Nc2c(C)cc(C)cc2C)c(C)c1. The maximum atomic E-state index is 12.2. The second kappa shape index (κ2) is 12.9. The molecule has 0 fully saturated rings. The van der Waals surface area contributed by atoms with E-state index >= 15 is 0 Å². The molecule has 2 rings (SSSR count). The number of thioether (sulfide) groups is 1. The summed E-state index contributed by atoms with van der Waals surface area (Å²) in [7, 11) is 0. The maximum absolute atomic E-state index is 12.2. The maximum Gasteiger partial charge on any atom is 0.243 e. The van der Waals surface area contributed by atoms with E-state index in [1.165, 1.54) is 0 Å². The molecule has 0 saturated carbocycles. The Morgan fingerprint density at radius 3 is 1.20 bits per heavy atom. The van der Waals surface area contributed by atoms with Gasteiger partial charge >= 0.3 is 0 Å². The van der Waals surface area contributed by atoms with Crippen LogP contribution in [0.2, 0.25) is 0 Å². The minimum Gasteiger partial charge on any atom is -0.346 e. The van der Waals surface area contributed by atoms with Crippen molar-refractivity contribution < 1.29 is 19.2 Å². The second-order valence-electron chi connectivity index (χ2n) is 8.69. The minimum atomic E-state index is -0.349. The van der Waals surface area contributed by atoms with Crippen LogP contribution in [0.1, 0.15) is 33.4 Å². The summed E-state index contributed by atoms with van der Waals surface area (Å²) < 4.78 is 0. The van der Waals surface area contributed by atoms with Gasteiger partial charge in [0.25, 0.3) is 0 Å². The van der Waals surface area contributed by atoms with E-state index in [-0.39, 0.29) is 48.2 Å². The van der Waals surface area contributed by atoms with Gasteiger partial charge in [0.2, 0.25) is 23.6 Å². The summed E-state index contributed by atoms with van der Waals surface area (Å²) in [5, 5.41) is 10.8. The number of anilines is 2. The standard InChI is InChI=1S/C26H34N4O4S/c1-15-7-17(3)25(18(4)8-15)29-21(31)11-27-23(33)13-35-14-24(34)28-12-22(32)30-26-19(5)9-16(2)10-20(26)6/h7-10H,11-14H2,1-6H3,(H,27,33)(H,28,34)(H,29,31)(H,30,32). The fourth-order valence-electron chi connectivity index (χ4n) is 3.82. The van der Waals surface area contributed by atoms with Crippen LogP contribution in [0, 0.1) is 41.5 Å². The molecule has 0 aliphatic rings. The van der Waals surface area contributed by atoms with Gasteiger partial charge in [-0.2, -0.15) is 0 Å². The molecular formula is C26H34N4O4S. The fourth-order valence-corrected chi connectivity index (χ4v) is 4.49. The van der Waals surface area contributed by atoms with Crippen LogP contribution in [0.5, 0.6) is 0 Å². The van der Waals surface area contributed by atoms with Gasteiger partial charge in [-0.05, 0) is 63.8 Å². The lowest BCUT2D eigenvalue weighted by atomic mass is 10.1. The highest BCUT2D eigenvalue weighted by atomic mass is 32.2. The number of carbonyl (C=O) groups is 4. The van der Waals surface area contributed by atoms with Gasteiger partial charge in [0.05, 0.1) is 24.6 Å². The van der Waals surface area contributed by atoms with Crippen LogP contribution in [-0.2, 0) is 19.2 Å². The summed E-state index contributed by atoms with van der Waals surface area (Å²) in [5.74, 6) is -1.28. The number of amides is 4. The molecule has 188 valence electrons. The third-order valence-corrected chi connectivity index (χ3v) is 6.17. The molecular weight excluding hydrogens is 464 g/mol. The van der Waals surface area contributed by atoms with Gasteiger partial charge in [-0.3, -0.25) is 19.2 Å². The number of rotatable bonds is 10. The molecule has 4 amide bonds. The molecule has 0 atom stereocenters. The highest BCUT2D eigenvalue weighted by molar-refractivity contribution is 8.00. The van der Waals surface area contributed by atoms with Gasteiger partial charge in [0, 0.05) is 11.4 Å². The quantitative estimate of drug-likeness (QED) is 0.402. The van der Waals surface area contributed by atoms with E-state index in [0.29, 0.717) is 0 Å². The number of nitrogens with one attached hydrogen (secondary N) is 4. The van der Waals surface area contributed by atoms with Crippen LogP contribution >= 0.6 is 11.8 Å². The number of benzene rings is 2. The predicted molar refractivity (Wildman–Crippen MR) is 142 cm³/mol. The molecule has 0 unspecified atom stereocenters. The van der Waals surface area contributed by atoms with Crippen molar-refractivity contribution in [2.24, 2.45) is 0 Å². The molecule has 0 saturated heterocycles. The van der Waals surface area contributed by atoms with Crippen molar-refractivity contribution in [2.75, 3.05) is 35.2 Å². The smallest absolute Gasteiger partial charge is 0.243 e. The minimum absolute atomic E-state index is 0.0250. The molecule has 0 aromatic heterocycles. The Labute approximate surface area is 211 Å². The van der Waals surface area contributed by atoms with E-state index < -0.39 is 0 Å². The van der Waals surface area contributed by atoms with Gasteiger partial charge in [-0.1, -0.05) is 35.4 Å². The number of aryl methyl sites for hydroxylation is 6. The molecule has 2 aromatic carbocycles. The topological polar surface area (TPSA) is 116 Å². The van der Waals surface area contributed by atoms with Crippen LogP contribution in [0.25, 0.3) is 0 Å². The first-order valence-corrected chi connectivity index (χ1v) is 12.5. The largest absolute Gasteiger partial charge is 0.346 e. The summed E-state index contributed by atoms with van der Waals surface area (Å²) in [5.41, 5.74) is 7.57. The molecule has 0 aliphatic carbocycles. The molecule has 0 aliphatic heterocycles. The lowest BCUT2D eigenvalue weighted by Gasteiger charge is -2.13. The first-order chi connectivity index (χ1) is 16.5. The summed E-state index contributed by atoms with van der Waals surface area (Å²) in [6.45, 7) is 11.4. The van der Waals surface area contributed by atoms with E-state index in [1.54, 1.807) is 0 Å². The van der Waals surface area contributed by atoms with Crippen molar-refractivity contribution in [3.8, 4) is 0 Å². The van der Waals surface area contributed by atoms with E-state index in [2.05, 4.69) is 21.3 Å². The van der Waals surface area contributed by atoms with Gasteiger partial charge in [-0.15, -0.1) is 11.8 Å². The molecule has 2 aromatic rings. The molecule has 0 radical (unpaired) electrons. The zero-order chi connectivity index (χ0) is 26.1. The van der Waals surface area contributed by atoms with Crippen LogP contribution in [0.4, 0.5) is 11.4 Å². The van der Waals surface area contributed by atoms with Crippen molar-refractivity contribution >= 4 is 46.8 Å². The zero-order valence-electron chi connectivity index (χ0n) is 21.2. The van der Waals surface area contributed by atoms with Crippen LogP contribution in [0.3, 0.4) is 0 Å². The molecule has 9 heteroatoms. The Morgan fingerprint density at radius 2 is 0.886 bits per heavy atom. The van der Waals surface area contributed by atoms with Crippen molar-refractivity contribution in [3.63, 3.8) is 0 Å². The summed E-state index contributed by atoms with van der Waals surface area (Å²) in [6, 6.07) is 7.93. The fraction of sp³-hybridized carbons (Fsp3) is 0.385. The van der Waals surface area contributed by atoms with Crippen LogP contribution in [0.15, 0.2) is 24.3 Å². The first kappa shape index (κ1) is 27.9. The van der Waals surface area contributed by atoms with Gasteiger partial charge in [-0.25, -0.2) is 0 Å². The van der Waals surface area contributed by atoms with Gasteiger partial charge < -0.3 is 21.3 Å². The Hall–Kier alpha value is -3.33. The molecule has 0 heterocycles. The molecule has 8 nitrogen and oxygen atoms in total. The van der Waals surface area contributed by atoms with Crippen LogP contribution < -0.4 is 21.3 Å². The number of carbonyl (C=O) groups excluding carboxylic acids is 4. The number of hydrogen-bond acceptors (Lipinski definition) is 5. The lowest BCUT2D eigenvalue weighted by molar-refractivity contribution is -0.122. The monoisotopic (exact) mass is 498 g/mol. The highest BCUT2D eigenvalue weighted by Crippen LogP contribution is 2.22. The highest BCUT2D eigenvalue weighted by Gasteiger charge is 2.12. The number of hydrogen-bond donors (Lipinski definition) is 4. The summed E-state index contributed by atoms with van der Waals surface area (Å²) in [4.78, 5) is 48.4. The first-order valence-electron chi connectivity index (χ1n) is 11.3. The molecule has 4 N–H and O–H groups in total. The van der Waals surface area contributed by atoms with E-state index in [1.807, 2.05) is 65.8 Å². The van der Waals surface area contributed by atoms with Crippen LogP contribution in [-0.4, -0.2) is 48.2 Å². The molecule has 0 spiro atoms. The predicted octanol–water partition coefficient (Wildman–Crippen LogP) is 3.08. The average molecular weight is 499 g/mol. The van der Waals surface area contributed by atoms with Crippen molar-refractivity contribution in [1.29, 1.82) is 0 Å². The molecule has 35 heavy (non-hydrogen) atoms. The Kier molecular flexibility index (Phi) is 10.3. The van der Waals surface area contributed by atoms with Gasteiger partial charge in [0.1, 0.15) is 0 Å². The van der Waals surface area contributed by atoms with Crippen molar-refractivity contribution in [1.82, 2.24) is 10.6 Å². The normalized spacial score (nSPS) is 10.5. The Morgan fingerprint density at radius 1 is 0.571 bits per heavy atom. The summed E-state index contributed by atoms with van der Waals surface area (Å²) in [6.07, 6.45) is 0. The zero-order valence-corrected chi connectivity index (χ0v) is 22.0. The van der Waals surface area contributed by atoms with E-state index in [9.17, 15) is 19.2 Å². The van der Waals surface area contributed by atoms with Gasteiger partial charge in [0.15, 0.2) is 0 Å². The van der Waals surface area contributed by atoms with Crippen molar-refractivity contribution in [3.05, 3.63) is 57.6 Å². The second-order valence-corrected chi connectivity index (χ2v) is 9.68.